The molecule has 0 radical (unpaired) electrons. The molecule has 0 aliphatic heterocycles. The predicted octanol–water partition coefficient (Wildman–Crippen LogP) is 2.68. The first-order valence-electron chi connectivity index (χ1n) is 4.98. The minimum Gasteiger partial charge on any atom is -0.360 e. The number of fused-ring (bicyclic) bond motifs is 1. The van der Waals surface area contributed by atoms with Crippen molar-refractivity contribution >= 4 is 33.5 Å². The summed E-state index contributed by atoms with van der Waals surface area (Å²) in [4.78, 5) is 25.4. The topological polar surface area (TPSA) is 49.9 Å². The molecule has 0 saturated carbocycles. The quantitative estimate of drug-likeness (QED) is 0.505. The highest BCUT2D eigenvalue weighted by atomic mass is 35.5. The van der Waals surface area contributed by atoms with Crippen molar-refractivity contribution in [1.82, 2.24) is 4.98 Å². The first-order valence-corrected chi connectivity index (χ1v) is 5.36. The molecule has 0 amide bonds. The van der Waals surface area contributed by atoms with Crippen molar-refractivity contribution in [3.63, 3.8) is 0 Å². The van der Waals surface area contributed by atoms with Crippen LogP contribution in [-0.4, -0.2) is 16.0 Å². The summed E-state index contributed by atoms with van der Waals surface area (Å²) in [5, 5.41) is -0.207. The van der Waals surface area contributed by atoms with E-state index >= 15 is 0 Å². The second kappa shape index (κ2) is 4.10. The highest BCUT2D eigenvalue weighted by Gasteiger charge is 2.18. The van der Waals surface area contributed by atoms with E-state index in [1.165, 1.54) is 6.20 Å². The maximum atomic E-state index is 11.5. The number of halogens is 1. The van der Waals surface area contributed by atoms with Gasteiger partial charge in [0.1, 0.15) is 0 Å². The van der Waals surface area contributed by atoms with Gasteiger partial charge in [0, 0.05) is 17.1 Å². The molecule has 1 aromatic carbocycles. The third kappa shape index (κ3) is 1.63. The van der Waals surface area contributed by atoms with Crippen LogP contribution in [0.2, 0.25) is 0 Å². The van der Waals surface area contributed by atoms with Crippen LogP contribution < -0.4 is 0 Å². The summed E-state index contributed by atoms with van der Waals surface area (Å²) in [6.07, 6.45) is 2.40. The smallest absolute Gasteiger partial charge is 0.293 e. The molecular weight excluding hydrogens is 226 g/mol. The van der Waals surface area contributed by atoms with Gasteiger partial charge in [0.05, 0.1) is 5.56 Å². The number of para-hydroxylation sites is 1. The molecule has 16 heavy (non-hydrogen) atoms. The molecule has 0 spiro atoms. The zero-order valence-electron chi connectivity index (χ0n) is 8.71. The lowest BCUT2D eigenvalue weighted by atomic mass is 10.1. The van der Waals surface area contributed by atoms with Crippen LogP contribution in [0.5, 0.6) is 0 Å². The van der Waals surface area contributed by atoms with Gasteiger partial charge in [0.25, 0.3) is 5.24 Å². The molecule has 82 valence electrons. The van der Waals surface area contributed by atoms with Crippen LogP contribution in [-0.2, 0) is 11.2 Å². The maximum absolute atomic E-state index is 11.5. The Bertz CT molecular complexity index is 571. The van der Waals surface area contributed by atoms with Gasteiger partial charge in [-0.2, -0.15) is 0 Å². The summed E-state index contributed by atoms with van der Waals surface area (Å²) in [6.45, 7) is 2.03. The summed E-state index contributed by atoms with van der Waals surface area (Å²) < 4.78 is 0. The number of carbonyl (C=O) groups excluding carboxylic acids is 2. The fourth-order valence-corrected chi connectivity index (χ4v) is 1.91. The number of carbonyl (C=O) groups is 2. The number of nitrogens with one attached hydrogen (secondary N) is 1. The number of aromatic amines is 1. The number of H-pyrrole nitrogens is 1. The lowest BCUT2D eigenvalue weighted by Crippen LogP contribution is -2.06. The lowest BCUT2D eigenvalue weighted by Gasteiger charge is -1.99. The fourth-order valence-electron chi connectivity index (χ4n) is 1.81. The van der Waals surface area contributed by atoms with E-state index in [9.17, 15) is 9.59 Å². The molecule has 4 heteroatoms. The molecule has 0 fully saturated rings. The Balaban J connectivity index is 2.66. The summed E-state index contributed by atoms with van der Waals surface area (Å²) in [7, 11) is 0. The third-order valence-electron chi connectivity index (χ3n) is 2.61. The Labute approximate surface area is 97.4 Å². The molecule has 0 saturated heterocycles. The van der Waals surface area contributed by atoms with Crippen molar-refractivity contribution in [3.8, 4) is 0 Å². The fraction of sp³-hybridized carbons (Fsp3) is 0.167. The Morgan fingerprint density at radius 2 is 2.12 bits per heavy atom. The Morgan fingerprint density at radius 1 is 1.38 bits per heavy atom. The first-order chi connectivity index (χ1) is 7.65. The molecule has 0 bridgehead atoms. The second-order valence-electron chi connectivity index (χ2n) is 3.50. The van der Waals surface area contributed by atoms with E-state index < -0.39 is 11.0 Å². The summed E-state index contributed by atoms with van der Waals surface area (Å²) in [5.74, 6) is -0.666. The molecule has 0 unspecified atom stereocenters. The molecule has 1 heterocycles. The van der Waals surface area contributed by atoms with Crippen LogP contribution in [0, 0.1) is 0 Å². The van der Waals surface area contributed by atoms with E-state index in [2.05, 4.69) is 4.98 Å². The standard InChI is InChI=1S/C12H10ClNO2/c1-2-7-4-3-5-8-9(6-14-10(7)8)11(15)12(13)16/h3-6,14H,2H2,1H3. The number of rotatable bonds is 3. The molecule has 0 aliphatic rings. The minimum absolute atomic E-state index is 0.338. The van der Waals surface area contributed by atoms with E-state index in [4.69, 9.17) is 11.6 Å². The third-order valence-corrected chi connectivity index (χ3v) is 2.78. The van der Waals surface area contributed by atoms with E-state index in [0.717, 1.165) is 22.9 Å². The van der Waals surface area contributed by atoms with Crippen LogP contribution in [0.15, 0.2) is 24.4 Å². The SMILES string of the molecule is CCc1cccc2c(C(=O)C(=O)Cl)c[nH]c12. The summed E-state index contributed by atoms with van der Waals surface area (Å²) in [6, 6.07) is 5.65. The zero-order chi connectivity index (χ0) is 11.7. The van der Waals surface area contributed by atoms with Crippen LogP contribution in [0.25, 0.3) is 10.9 Å². The van der Waals surface area contributed by atoms with Gasteiger partial charge in [0.15, 0.2) is 0 Å². The van der Waals surface area contributed by atoms with Crippen LogP contribution in [0.3, 0.4) is 0 Å². The highest BCUT2D eigenvalue weighted by Crippen LogP contribution is 2.22. The first kappa shape index (κ1) is 10.9. The minimum atomic E-state index is -0.956. The summed E-state index contributed by atoms with van der Waals surface area (Å²) >= 11 is 5.19. The van der Waals surface area contributed by atoms with E-state index in [1.54, 1.807) is 6.07 Å². The molecule has 0 aliphatic carbocycles. The van der Waals surface area contributed by atoms with Crippen molar-refractivity contribution in [1.29, 1.82) is 0 Å². The number of benzene rings is 1. The number of aryl methyl sites for hydroxylation is 1. The van der Waals surface area contributed by atoms with Gasteiger partial charge in [-0.25, -0.2) is 0 Å². The van der Waals surface area contributed by atoms with Crippen LogP contribution in [0.1, 0.15) is 22.8 Å². The largest absolute Gasteiger partial charge is 0.360 e. The number of aromatic nitrogens is 1. The van der Waals surface area contributed by atoms with E-state index in [-0.39, 0.29) is 0 Å². The Kier molecular flexibility index (Phi) is 2.79. The van der Waals surface area contributed by atoms with Crippen molar-refractivity contribution in [2.24, 2.45) is 0 Å². The van der Waals surface area contributed by atoms with Gasteiger partial charge in [-0.05, 0) is 23.6 Å². The number of Topliss-reactive ketones (excluding diaryl/α,β-unsaturated/α-hetero) is 1. The Morgan fingerprint density at radius 3 is 2.75 bits per heavy atom. The zero-order valence-corrected chi connectivity index (χ0v) is 9.47. The molecule has 1 N–H and O–H groups in total. The van der Waals surface area contributed by atoms with Gasteiger partial charge in [-0.3, -0.25) is 9.59 Å². The predicted molar refractivity (Wildman–Crippen MR) is 62.9 cm³/mol. The molecule has 1 aromatic heterocycles. The molecule has 2 rings (SSSR count). The summed E-state index contributed by atoms with van der Waals surface area (Å²) in [5.41, 5.74) is 2.34. The van der Waals surface area contributed by atoms with E-state index in [0.29, 0.717) is 5.56 Å². The molecular formula is C12H10ClNO2. The highest BCUT2D eigenvalue weighted by molar-refractivity contribution is 6.83. The van der Waals surface area contributed by atoms with Gasteiger partial charge >= 0.3 is 0 Å². The molecule has 0 atom stereocenters. The second-order valence-corrected chi connectivity index (χ2v) is 3.84. The van der Waals surface area contributed by atoms with E-state index in [1.807, 2.05) is 19.1 Å². The van der Waals surface area contributed by atoms with Crippen molar-refractivity contribution in [3.05, 3.63) is 35.5 Å². The number of hydrogen-bond acceptors (Lipinski definition) is 2. The average Bonchev–Trinajstić information content (AvgIpc) is 2.71. The van der Waals surface area contributed by atoms with Gasteiger partial charge in [-0.15, -0.1) is 0 Å². The van der Waals surface area contributed by atoms with Crippen LogP contribution in [0.4, 0.5) is 0 Å². The van der Waals surface area contributed by atoms with Gasteiger partial charge < -0.3 is 4.98 Å². The van der Waals surface area contributed by atoms with Crippen molar-refractivity contribution in [2.75, 3.05) is 0 Å². The normalized spacial score (nSPS) is 10.6. The molecule has 3 nitrogen and oxygen atoms in total. The average molecular weight is 236 g/mol. The van der Waals surface area contributed by atoms with Gasteiger partial charge in [-0.1, -0.05) is 25.1 Å². The van der Waals surface area contributed by atoms with Crippen LogP contribution >= 0.6 is 11.6 Å². The lowest BCUT2D eigenvalue weighted by molar-refractivity contribution is -0.108. The van der Waals surface area contributed by atoms with Crippen molar-refractivity contribution in [2.45, 2.75) is 13.3 Å². The molecule has 2 aromatic rings. The number of ketones is 1. The van der Waals surface area contributed by atoms with Gasteiger partial charge in [0.2, 0.25) is 5.78 Å². The van der Waals surface area contributed by atoms with Crippen molar-refractivity contribution < 1.29 is 9.59 Å². The monoisotopic (exact) mass is 235 g/mol. The number of hydrogen-bond donors (Lipinski definition) is 1. The maximum Gasteiger partial charge on any atom is 0.293 e. The Hall–Kier alpha value is -1.61.